The molecule has 1 aliphatic rings. The lowest BCUT2D eigenvalue weighted by atomic mass is 10.0. The molecule has 146 valence electrons. The van der Waals surface area contributed by atoms with Crippen LogP contribution in [0.25, 0.3) is 11.1 Å². The fourth-order valence-electron chi connectivity index (χ4n) is 3.25. The van der Waals surface area contributed by atoms with Gasteiger partial charge in [0, 0.05) is 16.7 Å². The van der Waals surface area contributed by atoms with Crippen LogP contribution in [0.15, 0.2) is 47.5 Å². The minimum Gasteiger partial charge on any atom is -0.490 e. The maximum Gasteiger partial charge on any atom is 0.332 e. The Labute approximate surface area is 160 Å². The number of hydrogen-bond donors (Lipinski definition) is 2. The van der Waals surface area contributed by atoms with Gasteiger partial charge in [-0.25, -0.2) is 13.6 Å². The van der Waals surface area contributed by atoms with Gasteiger partial charge in [0.25, 0.3) is 5.91 Å². The summed E-state index contributed by atoms with van der Waals surface area (Å²) in [6.45, 7) is 1.81. The molecule has 0 unspecified atom stereocenters. The highest BCUT2D eigenvalue weighted by Gasteiger charge is 2.28. The second-order valence-electron chi connectivity index (χ2n) is 6.29. The summed E-state index contributed by atoms with van der Waals surface area (Å²) >= 11 is 0. The first-order valence-electron chi connectivity index (χ1n) is 8.90. The van der Waals surface area contributed by atoms with Crippen molar-refractivity contribution in [2.75, 3.05) is 11.9 Å². The molecule has 0 aromatic heterocycles. The van der Waals surface area contributed by atoms with E-state index in [2.05, 4.69) is 5.32 Å². The van der Waals surface area contributed by atoms with E-state index in [-0.39, 0.29) is 41.9 Å². The molecule has 0 saturated heterocycles. The van der Waals surface area contributed by atoms with E-state index in [1.54, 1.807) is 37.3 Å². The fraction of sp³-hybridized carbons (Fsp3) is 0.238. The van der Waals surface area contributed by atoms with E-state index in [9.17, 15) is 19.1 Å². The molecule has 1 amide bonds. The highest BCUT2D eigenvalue weighted by Crippen LogP contribution is 2.38. The van der Waals surface area contributed by atoms with Crippen LogP contribution in [-0.2, 0) is 9.59 Å². The van der Waals surface area contributed by atoms with Gasteiger partial charge in [0.2, 0.25) is 0 Å². The normalized spacial score (nSPS) is 13.5. The van der Waals surface area contributed by atoms with Crippen LogP contribution >= 0.6 is 0 Å². The number of anilines is 1. The first-order valence-corrected chi connectivity index (χ1v) is 8.90. The van der Waals surface area contributed by atoms with Crippen molar-refractivity contribution in [3.05, 3.63) is 59.2 Å². The van der Waals surface area contributed by atoms with Crippen molar-refractivity contribution in [1.82, 2.24) is 0 Å². The number of halogens is 2. The van der Waals surface area contributed by atoms with E-state index in [1.165, 1.54) is 0 Å². The Hall–Kier alpha value is -3.22. The van der Waals surface area contributed by atoms with Gasteiger partial charge in [0.1, 0.15) is 5.69 Å². The highest BCUT2D eigenvalue weighted by molar-refractivity contribution is 6.09. The molecule has 0 bridgehead atoms. The second-order valence-corrected chi connectivity index (χ2v) is 6.29. The molecule has 0 heterocycles. The highest BCUT2D eigenvalue weighted by atomic mass is 19.1. The molecule has 0 radical (unpaired) electrons. The predicted molar refractivity (Wildman–Crippen MR) is 100 cm³/mol. The second kappa shape index (κ2) is 8.21. The molecule has 2 aromatic carbocycles. The number of carboxylic acid groups (broad SMARTS) is 1. The predicted octanol–water partition coefficient (Wildman–Crippen LogP) is 4.53. The van der Waals surface area contributed by atoms with Crippen molar-refractivity contribution >= 4 is 17.6 Å². The Bertz CT molecular complexity index is 955. The van der Waals surface area contributed by atoms with Crippen LogP contribution in [0.4, 0.5) is 14.5 Å². The van der Waals surface area contributed by atoms with Crippen molar-refractivity contribution in [3.8, 4) is 16.9 Å². The van der Waals surface area contributed by atoms with Crippen LogP contribution in [0.1, 0.15) is 26.2 Å². The largest absolute Gasteiger partial charge is 0.490 e. The Morgan fingerprint density at radius 1 is 1.14 bits per heavy atom. The number of rotatable bonds is 6. The number of amides is 1. The minimum absolute atomic E-state index is 0.0238. The Balaban J connectivity index is 2.03. The lowest BCUT2D eigenvalue weighted by molar-refractivity contribution is -0.133. The lowest BCUT2D eigenvalue weighted by Gasteiger charge is -2.16. The first-order chi connectivity index (χ1) is 13.4. The smallest absolute Gasteiger partial charge is 0.332 e. The van der Waals surface area contributed by atoms with E-state index in [1.807, 2.05) is 0 Å². The Morgan fingerprint density at radius 3 is 2.46 bits per heavy atom. The summed E-state index contributed by atoms with van der Waals surface area (Å²) < 4.78 is 35.1. The van der Waals surface area contributed by atoms with Crippen molar-refractivity contribution in [1.29, 1.82) is 0 Å². The average Bonchev–Trinajstić information content (AvgIpc) is 3.18. The number of carbonyl (C=O) groups excluding carboxylic acids is 1. The zero-order chi connectivity index (χ0) is 20.3. The number of nitrogens with one attached hydrogen (secondary N) is 1. The molecule has 7 heteroatoms. The molecule has 0 saturated carbocycles. The number of benzene rings is 2. The van der Waals surface area contributed by atoms with E-state index < -0.39 is 29.2 Å². The molecule has 2 aromatic rings. The average molecular weight is 387 g/mol. The van der Waals surface area contributed by atoms with Gasteiger partial charge in [0.05, 0.1) is 6.61 Å². The molecule has 0 aliphatic heterocycles. The molecular formula is C21H19F2NO4. The van der Waals surface area contributed by atoms with Gasteiger partial charge in [-0.05, 0) is 37.8 Å². The van der Waals surface area contributed by atoms with Crippen LogP contribution in [-0.4, -0.2) is 23.6 Å². The van der Waals surface area contributed by atoms with Crippen LogP contribution in [0.5, 0.6) is 5.75 Å². The SMILES string of the molecule is CCOc1c(-c2ccccc2)cc(F)c(NC(=O)C2=C(C(=O)O)CCC2)c1F. The summed E-state index contributed by atoms with van der Waals surface area (Å²) in [6.07, 6.45) is 1.00. The Morgan fingerprint density at radius 2 is 1.82 bits per heavy atom. The molecule has 2 N–H and O–H groups in total. The quantitative estimate of drug-likeness (QED) is 0.763. The van der Waals surface area contributed by atoms with E-state index in [0.717, 1.165) is 6.07 Å². The number of hydrogen-bond acceptors (Lipinski definition) is 3. The molecule has 28 heavy (non-hydrogen) atoms. The topological polar surface area (TPSA) is 75.6 Å². The standard InChI is InChI=1S/C21H19F2NO4/c1-2-28-19-15(12-7-4-3-5-8-12)11-16(22)18(17(19)23)24-20(25)13-9-6-10-14(13)21(26)27/h3-5,7-8,11H,2,6,9-10H2,1H3,(H,24,25)(H,26,27). The van der Waals surface area contributed by atoms with Crippen molar-refractivity contribution < 1.29 is 28.2 Å². The van der Waals surface area contributed by atoms with Crippen LogP contribution in [0, 0.1) is 11.6 Å². The van der Waals surface area contributed by atoms with Gasteiger partial charge in [-0.2, -0.15) is 0 Å². The van der Waals surface area contributed by atoms with Crippen LogP contribution in [0.2, 0.25) is 0 Å². The van der Waals surface area contributed by atoms with Crippen molar-refractivity contribution in [2.45, 2.75) is 26.2 Å². The lowest BCUT2D eigenvalue weighted by Crippen LogP contribution is -2.18. The molecule has 0 spiro atoms. The van der Waals surface area contributed by atoms with Gasteiger partial charge in [-0.15, -0.1) is 0 Å². The summed E-state index contributed by atoms with van der Waals surface area (Å²) in [6, 6.07) is 9.72. The third-order valence-electron chi connectivity index (χ3n) is 4.54. The number of aliphatic carboxylic acids is 1. The summed E-state index contributed by atoms with van der Waals surface area (Å²) in [5.41, 5.74) is 0.146. The van der Waals surface area contributed by atoms with Gasteiger partial charge in [-0.1, -0.05) is 30.3 Å². The van der Waals surface area contributed by atoms with Gasteiger partial charge in [-0.3, -0.25) is 4.79 Å². The summed E-state index contributed by atoms with van der Waals surface area (Å²) in [5.74, 6) is -4.20. The maximum absolute atomic E-state index is 15.1. The minimum atomic E-state index is -1.20. The number of ether oxygens (including phenoxy) is 1. The first kappa shape index (κ1) is 19.5. The van der Waals surface area contributed by atoms with Gasteiger partial charge in [0.15, 0.2) is 17.4 Å². The third kappa shape index (κ3) is 3.74. The zero-order valence-electron chi connectivity index (χ0n) is 15.2. The molecule has 1 aliphatic carbocycles. The summed E-state index contributed by atoms with van der Waals surface area (Å²) in [7, 11) is 0. The molecule has 0 fully saturated rings. The maximum atomic E-state index is 15.1. The van der Waals surface area contributed by atoms with Gasteiger partial charge < -0.3 is 15.2 Å². The fourth-order valence-corrected chi connectivity index (χ4v) is 3.25. The zero-order valence-corrected chi connectivity index (χ0v) is 15.2. The Kier molecular flexibility index (Phi) is 5.73. The summed E-state index contributed by atoms with van der Waals surface area (Å²) in [4.78, 5) is 23.7. The van der Waals surface area contributed by atoms with Crippen LogP contribution < -0.4 is 10.1 Å². The molecule has 0 atom stereocenters. The van der Waals surface area contributed by atoms with E-state index in [0.29, 0.717) is 12.0 Å². The number of carbonyl (C=O) groups is 2. The van der Waals surface area contributed by atoms with Crippen LogP contribution in [0.3, 0.4) is 0 Å². The molecular weight excluding hydrogens is 368 g/mol. The third-order valence-corrected chi connectivity index (χ3v) is 4.54. The van der Waals surface area contributed by atoms with Gasteiger partial charge >= 0.3 is 5.97 Å². The van der Waals surface area contributed by atoms with Crippen molar-refractivity contribution in [3.63, 3.8) is 0 Å². The van der Waals surface area contributed by atoms with E-state index in [4.69, 9.17) is 4.74 Å². The molecule has 5 nitrogen and oxygen atoms in total. The monoisotopic (exact) mass is 387 g/mol. The van der Waals surface area contributed by atoms with Crippen molar-refractivity contribution in [2.24, 2.45) is 0 Å². The number of carboxylic acids is 1. The van der Waals surface area contributed by atoms with E-state index >= 15 is 4.39 Å². The summed E-state index contributed by atoms with van der Waals surface area (Å²) in [5, 5.41) is 11.4. The molecule has 3 rings (SSSR count).